The van der Waals surface area contributed by atoms with Crippen molar-refractivity contribution < 1.29 is 38.2 Å². The number of allylic oxidation sites excluding steroid dienone is 18. The number of quaternary nitrogens is 1. The summed E-state index contributed by atoms with van der Waals surface area (Å²) < 4.78 is 17.2. The van der Waals surface area contributed by atoms with Gasteiger partial charge in [0.2, 0.25) is 0 Å². The first-order valence-electron chi connectivity index (χ1n) is 24.9. The third-order valence-corrected chi connectivity index (χ3v) is 10.4. The molecule has 0 radical (unpaired) electrons. The van der Waals surface area contributed by atoms with Gasteiger partial charge in [-0.15, -0.1) is 0 Å². The number of carboxylic acid groups (broad SMARTS) is 1. The maximum Gasteiger partial charge on any atom is 0.306 e. The SMILES string of the molecule is CC/C=C/C/C=C/C/C=C/C/C=C/C/C=C/C/C=C/CCCCC(=O)OCC(COCCC(C(=O)[O-])[N+](C)(C)C)OC(=O)CCCCCCCCCCC/C=C/C/C=C/C/C=C/CC. The number of carbonyl (C=O) groups is 3. The molecule has 0 heterocycles. The van der Waals surface area contributed by atoms with Crippen molar-refractivity contribution in [2.24, 2.45) is 0 Å². The van der Waals surface area contributed by atoms with Crippen LogP contribution in [-0.4, -0.2) is 75.5 Å². The molecule has 0 saturated carbocycles. The van der Waals surface area contributed by atoms with Gasteiger partial charge in [-0.2, -0.15) is 0 Å². The molecule has 0 aliphatic heterocycles. The molecule has 0 aliphatic carbocycles. The van der Waals surface area contributed by atoms with Gasteiger partial charge in [0.15, 0.2) is 6.10 Å². The molecule has 0 fully saturated rings. The smallest absolute Gasteiger partial charge is 0.306 e. The van der Waals surface area contributed by atoms with Crippen molar-refractivity contribution in [3.8, 4) is 0 Å². The van der Waals surface area contributed by atoms with Crippen molar-refractivity contribution in [3.63, 3.8) is 0 Å². The molecule has 0 rings (SSSR count). The summed E-state index contributed by atoms with van der Waals surface area (Å²) in [5, 5.41) is 11.7. The Morgan fingerprint density at radius 1 is 0.469 bits per heavy atom. The largest absolute Gasteiger partial charge is 0.544 e. The molecule has 8 nitrogen and oxygen atoms in total. The molecule has 0 amide bonds. The zero-order chi connectivity index (χ0) is 47.0. The van der Waals surface area contributed by atoms with Crippen molar-refractivity contribution in [1.29, 1.82) is 0 Å². The van der Waals surface area contributed by atoms with Gasteiger partial charge in [-0.05, 0) is 96.3 Å². The summed E-state index contributed by atoms with van der Waals surface area (Å²) in [7, 11) is 5.39. The summed E-state index contributed by atoms with van der Waals surface area (Å²) in [5.41, 5.74) is 0. The van der Waals surface area contributed by atoms with Crippen LogP contribution in [0, 0.1) is 0 Å². The van der Waals surface area contributed by atoms with Crippen LogP contribution in [-0.2, 0) is 28.6 Å². The molecule has 8 heteroatoms. The molecule has 0 aromatic heterocycles. The fraction of sp³-hybridized carbons (Fsp3) is 0.625. The average molecular weight is 890 g/mol. The summed E-state index contributed by atoms with van der Waals surface area (Å²) in [6, 6.07) is -0.741. The second kappa shape index (κ2) is 45.6. The van der Waals surface area contributed by atoms with E-state index in [9.17, 15) is 19.5 Å². The van der Waals surface area contributed by atoms with Gasteiger partial charge in [-0.1, -0.05) is 168 Å². The molecule has 0 aromatic rings. The van der Waals surface area contributed by atoms with E-state index in [-0.39, 0.29) is 49.1 Å². The fourth-order valence-electron chi connectivity index (χ4n) is 6.62. The quantitative estimate of drug-likeness (QED) is 0.0260. The zero-order valence-electron chi connectivity index (χ0n) is 41.2. The predicted molar refractivity (Wildman–Crippen MR) is 268 cm³/mol. The summed E-state index contributed by atoms with van der Waals surface area (Å²) in [6.07, 6.45) is 62.6. The zero-order valence-corrected chi connectivity index (χ0v) is 41.2. The highest BCUT2D eigenvalue weighted by Crippen LogP contribution is 2.14. The predicted octanol–water partition coefficient (Wildman–Crippen LogP) is 13.1. The lowest BCUT2D eigenvalue weighted by atomic mass is 10.1. The van der Waals surface area contributed by atoms with E-state index in [0.717, 1.165) is 96.3 Å². The number of hydrogen-bond donors (Lipinski definition) is 0. The van der Waals surface area contributed by atoms with Gasteiger partial charge in [0.25, 0.3) is 0 Å². The summed E-state index contributed by atoms with van der Waals surface area (Å²) >= 11 is 0. The number of carbonyl (C=O) groups excluding carboxylic acids is 3. The molecule has 0 saturated heterocycles. The molecular formula is C56H91NO7. The van der Waals surface area contributed by atoms with E-state index in [2.05, 4.69) is 123 Å². The first-order chi connectivity index (χ1) is 31.1. The molecule has 0 spiro atoms. The standard InChI is InChI=1S/C56H91NO7/c1-6-8-10-12-14-16-18-20-22-24-26-27-29-30-32-34-36-38-40-42-44-46-54(58)63-51-52(50-62-49-48-53(56(60)61)57(3,4)5)64-55(59)47-45-43-41-39-37-35-33-31-28-25-23-21-19-17-15-13-11-9-7-2/h8-11,14-17,20-23,26-27,30,32,36,38,52-53H,6-7,12-13,18-19,24-25,28-29,31,33-35,37,39-51H2,1-5H3/b10-8+,11-9+,16-14+,17-15+,22-20+,23-21+,27-26+,32-30+,38-36+. The third kappa shape index (κ3) is 43.3. The molecule has 0 aromatic carbocycles. The van der Waals surface area contributed by atoms with Crippen molar-refractivity contribution in [2.75, 3.05) is 41.0 Å². The van der Waals surface area contributed by atoms with Crippen LogP contribution in [0.2, 0.25) is 0 Å². The molecule has 0 aliphatic rings. The van der Waals surface area contributed by atoms with Gasteiger partial charge in [0, 0.05) is 19.3 Å². The highest BCUT2D eigenvalue weighted by molar-refractivity contribution is 5.70. The molecule has 2 unspecified atom stereocenters. The van der Waals surface area contributed by atoms with Gasteiger partial charge in [-0.25, -0.2) is 0 Å². The van der Waals surface area contributed by atoms with Crippen molar-refractivity contribution in [2.45, 2.75) is 187 Å². The van der Waals surface area contributed by atoms with Crippen molar-refractivity contribution >= 4 is 17.9 Å². The summed E-state index contributed by atoms with van der Waals surface area (Å²) in [5.74, 6) is -1.81. The normalized spacial score (nSPS) is 13.8. The Morgan fingerprint density at radius 2 is 0.828 bits per heavy atom. The number of hydrogen-bond acceptors (Lipinski definition) is 7. The van der Waals surface area contributed by atoms with E-state index in [0.29, 0.717) is 12.8 Å². The van der Waals surface area contributed by atoms with Crippen LogP contribution < -0.4 is 5.11 Å². The van der Waals surface area contributed by atoms with Crippen LogP contribution >= 0.6 is 0 Å². The molecule has 0 N–H and O–H groups in total. The average Bonchev–Trinajstić information content (AvgIpc) is 3.26. The van der Waals surface area contributed by atoms with Crippen LogP contribution in [0.25, 0.3) is 0 Å². The van der Waals surface area contributed by atoms with Gasteiger partial charge in [0.1, 0.15) is 12.6 Å². The fourth-order valence-corrected chi connectivity index (χ4v) is 6.62. The second-order valence-electron chi connectivity index (χ2n) is 17.3. The first kappa shape index (κ1) is 60.0. The first-order valence-corrected chi connectivity index (χ1v) is 24.9. The Kier molecular flexibility index (Phi) is 42.7. The maximum atomic E-state index is 12.8. The van der Waals surface area contributed by atoms with Gasteiger partial charge < -0.3 is 28.6 Å². The number of rotatable bonds is 43. The Bertz CT molecular complexity index is 1410. The van der Waals surface area contributed by atoms with E-state index in [4.69, 9.17) is 14.2 Å². The molecule has 362 valence electrons. The minimum absolute atomic E-state index is 0.0173. The van der Waals surface area contributed by atoms with Crippen LogP contribution in [0.1, 0.15) is 174 Å². The van der Waals surface area contributed by atoms with Gasteiger partial charge >= 0.3 is 11.9 Å². The maximum absolute atomic E-state index is 12.8. The lowest BCUT2D eigenvalue weighted by Gasteiger charge is -2.34. The Balaban J connectivity index is 4.38. The highest BCUT2D eigenvalue weighted by atomic mass is 16.6. The lowest BCUT2D eigenvalue weighted by Crippen LogP contribution is -2.55. The third-order valence-electron chi connectivity index (χ3n) is 10.4. The lowest BCUT2D eigenvalue weighted by molar-refractivity contribution is -0.889. The topological polar surface area (TPSA) is 102 Å². The van der Waals surface area contributed by atoms with Crippen molar-refractivity contribution in [3.05, 3.63) is 109 Å². The van der Waals surface area contributed by atoms with E-state index < -0.39 is 18.1 Å². The van der Waals surface area contributed by atoms with Crippen LogP contribution in [0.15, 0.2) is 109 Å². The molecule has 64 heavy (non-hydrogen) atoms. The number of carboxylic acids is 1. The van der Waals surface area contributed by atoms with E-state index in [1.54, 1.807) is 21.1 Å². The number of likely N-dealkylation sites (N-methyl/N-ethyl adjacent to an activating group) is 1. The van der Waals surface area contributed by atoms with Crippen LogP contribution in [0.3, 0.4) is 0 Å². The summed E-state index contributed by atoms with van der Waals surface area (Å²) in [4.78, 5) is 37.0. The highest BCUT2D eigenvalue weighted by Gasteiger charge is 2.25. The van der Waals surface area contributed by atoms with Crippen molar-refractivity contribution in [1.82, 2.24) is 0 Å². The molecule has 0 bridgehead atoms. The van der Waals surface area contributed by atoms with Gasteiger partial charge in [-0.3, -0.25) is 9.59 Å². The van der Waals surface area contributed by atoms with E-state index in [1.165, 1.54) is 38.5 Å². The monoisotopic (exact) mass is 890 g/mol. The Labute approximate surface area is 391 Å². The number of unbranched alkanes of at least 4 members (excludes halogenated alkanes) is 11. The molecule has 2 atom stereocenters. The van der Waals surface area contributed by atoms with E-state index in [1.807, 2.05) is 0 Å². The number of nitrogens with zero attached hydrogens (tertiary/aromatic N) is 1. The number of aliphatic carboxylic acids is 1. The number of esters is 2. The minimum atomic E-state index is -1.14. The second-order valence-corrected chi connectivity index (χ2v) is 17.3. The van der Waals surface area contributed by atoms with Crippen LogP contribution in [0.5, 0.6) is 0 Å². The van der Waals surface area contributed by atoms with Gasteiger partial charge in [0.05, 0.1) is 40.3 Å². The molecular weight excluding hydrogens is 799 g/mol. The Hall–Kier alpha value is -4.01. The van der Waals surface area contributed by atoms with E-state index >= 15 is 0 Å². The van der Waals surface area contributed by atoms with Crippen LogP contribution in [0.4, 0.5) is 0 Å². The minimum Gasteiger partial charge on any atom is -0.544 e. The number of ether oxygens (including phenoxy) is 3. The summed E-state index contributed by atoms with van der Waals surface area (Å²) in [6.45, 7) is 4.37. The Morgan fingerprint density at radius 3 is 1.25 bits per heavy atom.